The molecule has 0 radical (unpaired) electrons. The molecule has 1 N–H and O–H groups in total. The zero-order valence-corrected chi connectivity index (χ0v) is 7.86. The van der Waals surface area contributed by atoms with Crippen molar-refractivity contribution in [3.8, 4) is 0 Å². The Kier molecular flexibility index (Phi) is 2.62. The summed E-state index contributed by atoms with van der Waals surface area (Å²) in [6, 6.07) is 10.9. The van der Waals surface area contributed by atoms with Crippen LogP contribution in [0.15, 0.2) is 30.3 Å². The van der Waals surface area contributed by atoms with Crippen molar-refractivity contribution in [1.29, 1.82) is 0 Å². The second-order valence-electron chi connectivity index (χ2n) is 3.39. The van der Waals surface area contributed by atoms with E-state index in [2.05, 4.69) is 29.6 Å². The summed E-state index contributed by atoms with van der Waals surface area (Å²) in [5.74, 6) is 0. The lowest BCUT2D eigenvalue weighted by atomic mass is 10.0. The molecule has 1 saturated heterocycles. The highest BCUT2D eigenvalue weighted by atomic mass is 16.5. The van der Waals surface area contributed by atoms with Gasteiger partial charge in [0.15, 0.2) is 0 Å². The quantitative estimate of drug-likeness (QED) is 0.743. The molecule has 0 aliphatic carbocycles. The van der Waals surface area contributed by atoms with E-state index in [4.69, 9.17) is 4.74 Å². The van der Waals surface area contributed by atoms with Crippen molar-refractivity contribution in [3.63, 3.8) is 0 Å². The third-order valence-corrected chi connectivity index (χ3v) is 2.59. The minimum atomic E-state index is 0.242. The topological polar surface area (TPSA) is 21.3 Å². The Morgan fingerprint density at radius 1 is 1.31 bits per heavy atom. The van der Waals surface area contributed by atoms with Gasteiger partial charge in [-0.25, -0.2) is 0 Å². The summed E-state index contributed by atoms with van der Waals surface area (Å²) in [7, 11) is 2.00. The van der Waals surface area contributed by atoms with Gasteiger partial charge in [-0.3, -0.25) is 0 Å². The van der Waals surface area contributed by atoms with Crippen LogP contribution in [-0.2, 0) is 4.74 Å². The standard InChI is InChI=1S/C11H15NO/c1-12-10-7-8-13-11(10)9-5-3-2-4-6-9/h2-6,10-12H,7-8H2,1H3/t10-,11+/m0/s1. The van der Waals surface area contributed by atoms with Gasteiger partial charge >= 0.3 is 0 Å². The average molecular weight is 177 g/mol. The number of nitrogens with one attached hydrogen (secondary N) is 1. The van der Waals surface area contributed by atoms with E-state index in [9.17, 15) is 0 Å². The molecule has 13 heavy (non-hydrogen) atoms. The molecule has 0 amide bonds. The van der Waals surface area contributed by atoms with E-state index in [0.717, 1.165) is 13.0 Å². The maximum absolute atomic E-state index is 5.68. The number of benzene rings is 1. The van der Waals surface area contributed by atoms with Crippen molar-refractivity contribution < 1.29 is 4.74 Å². The molecule has 0 spiro atoms. The highest BCUT2D eigenvalue weighted by molar-refractivity contribution is 5.20. The summed E-state index contributed by atoms with van der Waals surface area (Å²) < 4.78 is 5.68. The number of hydrogen-bond acceptors (Lipinski definition) is 2. The first kappa shape index (κ1) is 8.73. The van der Waals surface area contributed by atoms with Gasteiger partial charge in [-0.2, -0.15) is 0 Å². The molecule has 0 aromatic heterocycles. The summed E-state index contributed by atoms with van der Waals surface area (Å²) in [5, 5.41) is 3.29. The first-order valence-electron chi connectivity index (χ1n) is 4.75. The Bertz CT molecular complexity index is 260. The Morgan fingerprint density at radius 2 is 2.08 bits per heavy atom. The molecule has 1 aliphatic heterocycles. The first-order chi connectivity index (χ1) is 6.42. The molecule has 0 unspecified atom stereocenters. The molecule has 1 aromatic carbocycles. The van der Waals surface area contributed by atoms with E-state index in [1.165, 1.54) is 5.56 Å². The number of likely N-dealkylation sites (N-methyl/N-ethyl adjacent to an activating group) is 1. The van der Waals surface area contributed by atoms with Crippen molar-refractivity contribution in [3.05, 3.63) is 35.9 Å². The highest BCUT2D eigenvalue weighted by Crippen LogP contribution is 2.28. The molecular formula is C11H15NO. The molecule has 1 heterocycles. The third-order valence-electron chi connectivity index (χ3n) is 2.59. The van der Waals surface area contributed by atoms with Gasteiger partial charge in [0.2, 0.25) is 0 Å². The lowest BCUT2D eigenvalue weighted by Crippen LogP contribution is -2.27. The van der Waals surface area contributed by atoms with Crippen molar-refractivity contribution in [2.45, 2.75) is 18.6 Å². The van der Waals surface area contributed by atoms with Crippen LogP contribution in [0, 0.1) is 0 Å². The van der Waals surface area contributed by atoms with Crippen LogP contribution in [-0.4, -0.2) is 19.7 Å². The van der Waals surface area contributed by atoms with Crippen molar-refractivity contribution in [2.75, 3.05) is 13.7 Å². The second kappa shape index (κ2) is 3.90. The molecular weight excluding hydrogens is 162 g/mol. The van der Waals surface area contributed by atoms with Gasteiger partial charge < -0.3 is 10.1 Å². The van der Waals surface area contributed by atoms with E-state index in [1.54, 1.807) is 0 Å². The fraction of sp³-hybridized carbons (Fsp3) is 0.455. The molecule has 0 saturated carbocycles. The van der Waals surface area contributed by atoms with Crippen LogP contribution in [0.3, 0.4) is 0 Å². The highest BCUT2D eigenvalue weighted by Gasteiger charge is 2.27. The van der Waals surface area contributed by atoms with Crippen LogP contribution in [0.25, 0.3) is 0 Å². The van der Waals surface area contributed by atoms with E-state index >= 15 is 0 Å². The largest absolute Gasteiger partial charge is 0.372 e. The molecule has 2 atom stereocenters. The van der Waals surface area contributed by atoms with Crippen LogP contribution in [0.1, 0.15) is 18.1 Å². The molecule has 70 valence electrons. The van der Waals surface area contributed by atoms with Gasteiger partial charge in [-0.15, -0.1) is 0 Å². The van der Waals surface area contributed by atoms with Crippen molar-refractivity contribution in [2.24, 2.45) is 0 Å². The van der Waals surface area contributed by atoms with Crippen molar-refractivity contribution >= 4 is 0 Å². The van der Waals surface area contributed by atoms with E-state index < -0.39 is 0 Å². The molecule has 1 fully saturated rings. The first-order valence-corrected chi connectivity index (χ1v) is 4.75. The zero-order chi connectivity index (χ0) is 9.10. The van der Waals surface area contributed by atoms with Gasteiger partial charge in [0.1, 0.15) is 0 Å². The van der Waals surface area contributed by atoms with Crippen LogP contribution in [0.2, 0.25) is 0 Å². The monoisotopic (exact) mass is 177 g/mol. The summed E-state index contributed by atoms with van der Waals surface area (Å²) in [6.45, 7) is 0.866. The molecule has 1 aromatic rings. The Hall–Kier alpha value is -0.860. The smallest absolute Gasteiger partial charge is 0.0978 e. The maximum Gasteiger partial charge on any atom is 0.0978 e. The van der Waals surface area contributed by atoms with Gasteiger partial charge in [0.25, 0.3) is 0 Å². The van der Waals surface area contributed by atoms with Crippen LogP contribution in [0.5, 0.6) is 0 Å². The zero-order valence-electron chi connectivity index (χ0n) is 7.86. The van der Waals surface area contributed by atoms with Crippen molar-refractivity contribution in [1.82, 2.24) is 5.32 Å². The predicted octanol–water partition coefficient (Wildman–Crippen LogP) is 1.74. The summed E-state index contributed by atoms with van der Waals surface area (Å²) >= 11 is 0. The van der Waals surface area contributed by atoms with Crippen LogP contribution in [0.4, 0.5) is 0 Å². The normalized spacial score (nSPS) is 27.8. The number of ether oxygens (including phenoxy) is 1. The van der Waals surface area contributed by atoms with Gasteiger partial charge in [0.05, 0.1) is 6.10 Å². The third kappa shape index (κ3) is 1.74. The summed E-state index contributed by atoms with van der Waals surface area (Å²) in [5.41, 5.74) is 1.28. The Morgan fingerprint density at radius 3 is 2.77 bits per heavy atom. The SMILES string of the molecule is CN[C@H]1CCO[C@@H]1c1ccccc1. The molecule has 0 bridgehead atoms. The van der Waals surface area contributed by atoms with Crippen LogP contribution < -0.4 is 5.32 Å². The van der Waals surface area contributed by atoms with Gasteiger partial charge in [0, 0.05) is 12.6 Å². The van der Waals surface area contributed by atoms with Gasteiger partial charge in [-0.1, -0.05) is 30.3 Å². The lowest BCUT2D eigenvalue weighted by molar-refractivity contribution is 0.100. The van der Waals surface area contributed by atoms with E-state index in [-0.39, 0.29) is 6.10 Å². The fourth-order valence-electron chi connectivity index (χ4n) is 1.86. The molecule has 1 aliphatic rings. The van der Waals surface area contributed by atoms with E-state index in [0.29, 0.717) is 6.04 Å². The summed E-state index contributed by atoms with van der Waals surface area (Å²) in [4.78, 5) is 0. The fourth-order valence-corrected chi connectivity index (χ4v) is 1.86. The van der Waals surface area contributed by atoms with Gasteiger partial charge in [-0.05, 0) is 19.0 Å². The Balaban J connectivity index is 2.16. The predicted molar refractivity (Wildman–Crippen MR) is 52.6 cm³/mol. The van der Waals surface area contributed by atoms with Crippen LogP contribution >= 0.6 is 0 Å². The minimum Gasteiger partial charge on any atom is -0.372 e. The number of hydrogen-bond donors (Lipinski definition) is 1. The molecule has 2 rings (SSSR count). The molecule has 2 nitrogen and oxygen atoms in total. The minimum absolute atomic E-state index is 0.242. The summed E-state index contributed by atoms with van der Waals surface area (Å²) in [6.07, 6.45) is 1.35. The number of rotatable bonds is 2. The Labute approximate surface area is 78.9 Å². The second-order valence-corrected chi connectivity index (χ2v) is 3.39. The molecule has 2 heteroatoms. The van der Waals surface area contributed by atoms with E-state index in [1.807, 2.05) is 13.1 Å². The average Bonchev–Trinajstić information content (AvgIpc) is 2.67. The lowest BCUT2D eigenvalue weighted by Gasteiger charge is -2.17. The maximum atomic E-state index is 5.68.